The zero-order valence-electron chi connectivity index (χ0n) is 16.8. The van der Waals surface area contributed by atoms with Gasteiger partial charge >= 0.3 is 0 Å². The van der Waals surface area contributed by atoms with Crippen molar-refractivity contribution in [1.29, 1.82) is 0 Å². The number of aromatic nitrogens is 1. The molecular weight excluding hydrogens is 372 g/mol. The number of furan rings is 1. The second-order valence-electron chi connectivity index (χ2n) is 7.10. The number of hydrogen-bond donors (Lipinski definition) is 0. The molecule has 0 N–H and O–H groups in total. The van der Waals surface area contributed by atoms with E-state index in [-0.39, 0.29) is 17.7 Å². The minimum absolute atomic E-state index is 0.144. The molecule has 0 unspecified atom stereocenters. The lowest BCUT2D eigenvalue weighted by atomic mass is 10.1. The highest BCUT2D eigenvalue weighted by Crippen LogP contribution is 2.13. The van der Waals surface area contributed by atoms with Gasteiger partial charge in [-0.25, -0.2) is 0 Å². The van der Waals surface area contributed by atoms with E-state index in [1.54, 1.807) is 39.9 Å². The molecule has 3 rings (SSSR count). The van der Waals surface area contributed by atoms with Crippen molar-refractivity contribution in [3.05, 3.63) is 53.7 Å². The molecule has 0 spiro atoms. The summed E-state index contributed by atoms with van der Waals surface area (Å²) in [5, 5.41) is 0. The summed E-state index contributed by atoms with van der Waals surface area (Å²) in [5.41, 5.74) is 0.784. The summed E-state index contributed by atoms with van der Waals surface area (Å²) < 4.78 is 5.16. The predicted octanol–water partition coefficient (Wildman–Crippen LogP) is 2.14. The Hall–Kier alpha value is -3.16. The van der Waals surface area contributed by atoms with Crippen LogP contribution in [0.1, 0.15) is 51.0 Å². The van der Waals surface area contributed by atoms with Crippen molar-refractivity contribution in [3.8, 4) is 0 Å². The second-order valence-corrected chi connectivity index (χ2v) is 7.10. The van der Waals surface area contributed by atoms with Gasteiger partial charge in [0.1, 0.15) is 0 Å². The third-order valence-electron chi connectivity index (χ3n) is 5.01. The van der Waals surface area contributed by atoms with Crippen LogP contribution in [-0.2, 0) is 0 Å². The number of rotatable bonds is 6. The quantitative estimate of drug-likeness (QED) is 0.744. The number of unbranched alkanes of at least 4 members (excludes halogenated alkanes) is 1. The maximum absolute atomic E-state index is 12.9. The van der Waals surface area contributed by atoms with Crippen LogP contribution in [0, 0.1) is 0 Å². The first-order valence-corrected chi connectivity index (χ1v) is 9.83. The van der Waals surface area contributed by atoms with Crippen LogP contribution in [0.15, 0.2) is 41.3 Å². The molecule has 2 aromatic heterocycles. The highest BCUT2D eigenvalue weighted by atomic mass is 16.3. The third kappa shape index (κ3) is 4.82. The molecule has 1 aliphatic rings. The summed E-state index contributed by atoms with van der Waals surface area (Å²) in [7, 11) is 1.75. The van der Waals surface area contributed by atoms with Gasteiger partial charge in [0.2, 0.25) is 0 Å². The van der Waals surface area contributed by atoms with Gasteiger partial charge in [0.05, 0.1) is 17.4 Å². The molecule has 1 aliphatic heterocycles. The fraction of sp³-hybridized carbons (Fsp3) is 0.429. The number of carbonyl (C=O) groups excluding carboxylic acids is 3. The minimum atomic E-state index is -0.187. The summed E-state index contributed by atoms with van der Waals surface area (Å²) >= 11 is 0. The third-order valence-corrected chi connectivity index (χ3v) is 5.01. The fourth-order valence-corrected chi connectivity index (χ4v) is 3.24. The zero-order valence-corrected chi connectivity index (χ0v) is 16.8. The molecule has 1 saturated heterocycles. The number of piperazine rings is 1. The van der Waals surface area contributed by atoms with E-state index < -0.39 is 0 Å². The number of carbonyl (C=O) groups is 3. The summed E-state index contributed by atoms with van der Waals surface area (Å²) in [4.78, 5) is 46.8. The van der Waals surface area contributed by atoms with Gasteiger partial charge in [-0.15, -0.1) is 0 Å². The first-order valence-electron chi connectivity index (χ1n) is 9.83. The Bertz CT molecular complexity index is 857. The predicted molar refractivity (Wildman–Crippen MR) is 107 cm³/mol. The Balaban J connectivity index is 1.61. The van der Waals surface area contributed by atoms with Crippen LogP contribution in [0.25, 0.3) is 0 Å². The van der Waals surface area contributed by atoms with E-state index in [0.717, 1.165) is 12.8 Å². The molecule has 0 aromatic carbocycles. The molecule has 3 heterocycles. The lowest BCUT2D eigenvalue weighted by Gasteiger charge is -2.34. The Morgan fingerprint density at radius 2 is 1.72 bits per heavy atom. The summed E-state index contributed by atoms with van der Waals surface area (Å²) in [6.07, 6.45) is 6.36. The van der Waals surface area contributed by atoms with Crippen molar-refractivity contribution in [2.45, 2.75) is 19.8 Å². The molecule has 0 bridgehead atoms. The maximum atomic E-state index is 12.9. The summed E-state index contributed by atoms with van der Waals surface area (Å²) in [6, 6.07) is 4.90. The Kier molecular flexibility index (Phi) is 6.64. The molecular formula is C21H26N4O4. The maximum Gasteiger partial charge on any atom is 0.289 e. The van der Waals surface area contributed by atoms with E-state index >= 15 is 0 Å². The van der Waals surface area contributed by atoms with E-state index in [0.29, 0.717) is 49.6 Å². The van der Waals surface area contributed by atoms with Gasteiger partial charge in [0.25, 0.3) is 17.7 Å². The van der Waals surface area contributed by atoms with Crippen LogP contribution >= 0.6 is 0 Å². The van der Waals surface area contributed by atoms with Crippen LogP contribution < -0.4 is 0 Å². The first kappa shape index (κ1) is 20.6. The molecule has 0 atom stereocenters. The number of pyridine rings is 1. The topological polar surface area (TPSA) is 87.0 Å². The lowest BCUT2D eigenvalue weighted by Crippen LogP contribution is -2.50. The van der Waals surface area contributed by atoms with Crippen molar-refractivity contribution >= 4 is 17.7 Å². The minimum Gasteiger partial charge on any atom is -0.459 e. The van der Waals surface area contributed by atoms with Crippen LogP contribution in [0.4, 0.5) is 0 Å². The Morgan fingerprint density at radius 3 is 2.34 bits per heavy atom. The van der Waals surface area contributed by atoms with Gasteiger partial charge < -0.3 is 19.1 Å². The highest BCUT2D eigenvalue weighted by Gasteiger charge is 2.27. The monoisotopic (exact) mass is 398 g/mol. The molecule has 154 valence electrons. The molecule has 2 aromatic rings. The average Bonchev–Trinajstić information content (AvgIpc) is 3.31. The Labute approximate surface area is 170 Å². The number of amides is 3. The first-order chi connectivity index (χ1) is 14.0. The Morgan fingerprint density at radius 1 is 1.07 bits per heavy atom. The fourth-order valence-electron chi connectivity index (χ4n) is 3.24. The SMILES string of the molecule is CCCCN(C)C(=O)c1cncc(C(=O)N2CCN(C(=O)c3ccco3)CC2)c1. The van der Waals surface area contributed by atoms with Crippen LogP contribution in [0.5, 0.6) is 0 Å². The molecule has 0 radical (unpaired) electrons. The van der Waals surface area contributed by atoms with E-state index in [9.17, 15) is 14.4 Å². The van der Waals surface area contributed by atoms with Gasteiger partial charge in [-0.3, -0.25) is 19.4 Å². The summed E-state index contributed by atoms with van der Waals surface area (Å²) in [5.74, 6) is -0.207. The van der Waals surface area contributed by atoms with Crippen molar-refractivity contribution < 1.29 is 18.8 Å². The van der Waals surface area contributed by atoms with Crippen molar-refractivity contribution in [2.75, 3.05) is 39.8 Å². The molecule has 3 amide bonds. The van der Waals surface area contributed by atoms with E-state index in [1.807, 2.05) is 0 Å². The van der Waals surface area contributed by atoms with Gasteiger partial charge in [0, 0.05) is 52.2 Å². The van der Waals surface area contributed by atoms with E-state index in [1.165, 1.54) is 18.7 Å². The smallest absolute Gasteiger partial charge is 0.289 e. The molecule has 1 fully saturated rings. The van der Waals surface area contributed by atoms with Gasteiger partial charge in [-0.05, 0) is 24.6 Å². The zero-order chi connectivity index (χ0) is 20.8. The van der Waals surface area contributed by atoms with Gasteiger partial charge in [0.15, 0.2) is 5.76 Å². The lowest BCUT2D eigenvalue weighted by molar-refractivity contribution is 0.0518. The van der Waals surface area contributed by atoms with Crippen LogP contribution in [0.3, 0.4) is 0 Å². The largest absolute Gasteiger partial charge is 0.459 e. The van der Waals surface area contributed by atoms with Gasteiger partial charge in [-0.1, -0.05) is 13.3 Å². The van der Waals surface area contributed by atoms with Crippen molar-refractivity contribution in [2.24, 2.45) is 0 Å². The van der Waals surface area contributed by atoms with E-state index in [4.69, 9.17) is 4.42 Å². The second kappa shape index (κ2) is 9.36. The standard InChI is InChI=1S/C21H26N4O4/c1-3-4-7-23(2)19(26)16-13-17(15-22-14-16)20(27)24-8-10-25(11-9-24)21(28)18-6-5-12-29-18/h5-6,12-15H,3-4,7-11H2,1-2H3. The number of nitrogens with zero attached hydrogens (tertiary/aromatic N) is 4. The molecule has 8 nitrogen and oxygen atoms in total. The van der Waals surface area contributed by atoms with Crippen LogP contribution in [0.2, 0.25) is 0 Å². The average molecular weight is 398 g/mol. The van der Waals surface area contributed by atoms with E-state index in [2.05, 4.69) is 11.9 Å². The molecule has 8 heteroatoms. The highest BCUT2D eigenvalue weighted by molar-refractivity contribution is 5.99. The summed E-state index contributed by atoms with van der Waals surface area (Å²) in [6.45, 7) is 4.42. The van der Waals surface area contributed by atoms with Crippen molar-refractivity contribution in [1.82, 2.24) is 19.7 Å². The van der Waals surface area contributed by atoms with Crippen molar-refractivity contribution in [3.63, 3.8) is 0 Å². The molecule has 29 heavy (non-hydrogen) atoms. The number of hydrogen-bond acceptors (Lipinski definition) is 5. The van der Waals surface area contributed by atoms with Gasteiger partial charge in [-0.2, -0.15) is 0 Å². The molecule has 0 saturated carbocycles. The normalized spacial score (nSPS) is 14.0. The van der Waals surface area contributed by atoms with Crippen LogP contribution in [-0.4, -0.2) is 77.2 Å². The molecule has 0 aliphatic carbocycles.